The van der Waals surface area contributed by atoms with Crippen molar-refractivity contribution in [2.75, 3.05) is 50.8 Å². The van der Waals surface area contributed by atoms with Gasteiger partial charge >= 0.3 is 0 Å². The number of piperidine rings is 1. The summed E-state index contributed by atoms with van der Waals surface area (Å²) < 4.78 is 36.6. The van der Waals surface area contributed by atoms with Gasteiger partial charge in [0.1, 0.15) is 5.82 Å². The number of piperazine rings is 1. The highest BCUT2D eigenvalue weighted by Crippen LogP contribution is 2.23. The molecule has 4 rings (SSSR count). The van der Waals surface area contributed by atoms with Crippen LogP contribution in [0.3, 0.4) is 0 Å². The summed E-state index contributed by atoms with van der Waals surface area (Å²) in [5.41, 5.74) is 0.768. The normalized spacial score (nSPS) is 26.7. The summed E-state index contributed by atoms with van der Waals surface area (Å²) in [6, 6.07) is 6.03. The molecule has 0 saturated carbocycles. The summed E-state index contributed by atoms with van der Waals surface area (Å²) in [4.78, 5) is 31.6. The second-order valence-electron chi connectivity index (χ2n) is 8.90. The van der Waals surface area contributed by atoms with Gasteiger partial charge in [0, 0.05) is 45.3 Å². The van der Waals surface area contributed by atoms with Crippen LogP contribution in [0.25, 0.3) is 0 Å². The van der Waals surface area contributed by atoms with Crippen molar-refractivity contribution >= 4 is 21.7 Å². The highest BCUT2D eigenvalue weighted by Gasteiger charge is 2.36. The predicted octanol–water partition coefficient (Wildman–Crippen LogP) is 0.938. The molecule has 9 heteroatoms. The number of carbonyl (C=O) groups excluding carboxylic acids is 2. The molecule has 3 heterocycles. The molecule has 0 spiro atoms. The first-order chi connectivity index (χ1) is 14.8. The van der Waals surface area contributed by atoms with Gasteiger partial charge in [-0.05, 0) is 37.0 Å². The lowest BCUT2D eigenvalue weighted by molar-refractivity contribution is -0.142. The van der Waals surface area contributed by atoms with E-state index >= 15 is 0 Å². The number of hydrogen-bond acceptors (Lipinski definition) is 5. The lowest BCUT2D eigenvalue weighted by Gasteiger charge is -2.40. The largest absolute Gasteiger partial charge is 0.342 e. The first kappa shape index (κ1) is 22.2. The number of carbonyl (C=O) groups is 2. The van der Waals surface area contributed by atoms with Crippen LogP contribution in [0.1, 0.15) is 24.8 Å². The van der Waals surface area contributed by atoms with E-state index in [1.165, 1.54) is 12.1 Å². The molecule has 2 unspecified atom stereocenters. The molecule has 0 aliphatic carbocycles. The van der Waals surface area contributed by atoms with Gasteiger partial charge in [0.05, 0.1) is 23.8 Å². The van der Waals surface area contributed by atoms with E-state index in [0.29, 0.717) is 45.7 Å². The maximum Gasteiger partial charge on any atom is 0.227 e. The molecule has 2 amide bonds. The third kappa shape index (κ3) is 5.44. The fourth-order valence-electron chi connectivity index (χ4n) is 4.92. The van der Waals surface area contributed by atoms with Crippen molar-refractivity contribution in [3.63, 3.8) is 0 Å². The molecule has 0 N–H and O–H groups in total. The van der Waals surface area contributed by atoms with E-state index in [-0.39, 0.29) is 47.5 Å². The van der Waals surface area contributed by atoms with E-state index in [2.05, 4.69) is 4.90 Å². The summed E-state index contributed by atoms with van der Waals surface area (Å²) >= 11 is 0. The minimum absolute atomic E-state index is 0.0311. The summed E-state index contributed by atoms with van der Waals surface area (Å²) in [5.74, 6) is 0.0446. The zero-order valence-electron chi connectivity index (χ0n) is 17.7. The van der Waals surface area contributed by atoms with Crippen LogP contribution in [-0.4, -0.2) is 91.7 Å². The molecule has 170 valence electrons. The van der Waals surface area contributed by atoms with Crippen molar-refractivity contribution in [2.45, 2.75) is 31.7 Å². The Labute approximate surface area is 183 Å². The van der Waals surface area contributed by atoms with Gasteiger partial charge in [-0.1, -0.05) is 12.1 Å². The molecule has 1 aromatic rings. The van der Waals surface area contributed by atoms with Gasteiger partial charge in [0.25, 0.3) is 0 Å². The number of rotatable bonds is 4. The molecule has 1 aromatic carbocycles. The third-order valence-corrected chi connectivity index (χ3v) is 8.49. The van der Waals surface area contributed by atoms with Crippen molar-refractivity contribution < 1.29 is 22.4 Å². The Morgan fingerprint density at radius 1 is 0.968 bits per heavy atom. The average molecular weight is 452 g/mol. The van der Waals surface area contributed by atoms with Crippen LogP contribution in [0, 0.1) is 11.7 Å². The Morgan fingerprint density at radius 3 is 2.32 bits per heavy atom. The fraction of sp³-hybridized carbons (Fsp3) is 0.636. The quantitative estimate of drug-likeness (QED) is 0.681. The first-order valence-electron chi connectivity index (χ1n) is 11.1. The van der Waals surface area contributed by atoms with E-state index in [4.69, 9.17) is 0 Å². The molecule has 0 bridgehead atoms. The van der Waals surface area contributed by atoms with Crippen LogP contribution in [-0.2, 0) is 25.8 Å². The third-order valence-electron chi connectivity index (χ3n) is 6.74. The Bertz CT molecular complexity index is 913. The number of benzene rings is 1. The van der Waals surface area contributed by atoms with Crippen molar-refractivity contribution in [3.05, 3.63) is 35.6 Å². The monoisotopic (exact) mass is 451 g/mol. The van der Waals surface area contributed by atoms with E-state index in [0.717, 1.165) is 18.4 Å². The van der Waals surface area contributed by atoms with Crippen molar-refractivity contribution in [2.24, 2.45) is 5.92 Å². The van der Waals surface area contributed by atoms with Crippen molar-refractivity contribution in [1.82, 2.24) is 14.7 Å². The van der Waals surface area contributed by atoms with E-state index in [1.54, 1.807) is 17.0 Å². The molecule has 3 aliphatic rings. The Kier molecular flexibility index (Phi) is 6.62. The first-order valence-corrected chi connectivity index (χ1v) is 12.9. The summed E-state index contributed by atoms with van der Waals surface area (Å²) in [7, 11) is -2.91. The number of halogens is 1. The standard InChI is InChI=1S/C22H30FN3O4S/c23-19-5-3-17(4-6-19)14-21(27)26-8-1-2-18(15-26)22(28)25-11-9-24(10-12-25)20-7-13-31(29,30)16-20/h3-6,18,20H,1-2,7-16H2. The lowest BCUT2D eigenvalue weighted by Crippen LogP contribution is -2.55. The fourth-order valence-corrected chi connectivity index (χ4v) is 6.68. The van der Waals surface area contributed by atoms with E-state index < -0.39 is 9.84 Å². The number of hydrogen-bond donors (Lipinski definition) is 0. The van der Waals surface area contributed by atoms with Crippen LogP contribution in [0.2, 0.25) is 0 Å². The van der Waals surface area contributed by atoms with Gasteiger partial charge in [-0.2, -0.15) is 0 Å². The predicted molar refractivity (Wildman–Crippen MR) is 115 cm³/mol. The summed E-state index contributed by atoms with van der Waals surface area (Å²) in [6.45, 7) is 3.69. The molecular formula is C22H30FN3O4S. The van der Waals surface area contributed by atoms with Crippen LogP contribution in [0.4, 0.5) is 4.39 Å². The minimum atomic E-state index is -2.91. The molecule has 3 saturated heterocycles. The lowest BCUT2D eigenvalue weighted by atomic mass is 9.95. The minimum Gasteiger partial charge on any atom is -0.342 e. The zero-order valence-corrected chi connectivity index (χ0v) is 18.5. The number of likely N-dealkylation sites (tertiary alicyclic amines) is 1. The van der Waals surface area contributed by atoms with Crippen LogP contribution in [0.15, 0.2) is 24.3 Å². The molecular weight excluding hydrogens is 421 g/mol. The second kappa shape index (κ2) is 9.24. The summed E-state index contributed by atoms with van der Waals surface area (Å²) in [5, 5.41) is 0. The highest BCUT2D eigenvalue weighted by atomic mass is 32.2. The summed E-state index contributed by atoms with van der Waals surface area (Å²) in [6.07, 6.45) is 2.47. The van der Waals surface area contributed by atoms with Crippen molar-refractivity contribution in [1.29, 1.82) is 0 Å². The number of sulfone groups is 1. The molecule has 0 radical (unpaired) electrons. The number of amides is 2. The van der Waals surface area contributed by atoms with Crippen LogP contribution >= 0.6 is 0 Å². The van der Waals surface area contributed by atoms with Gasteiger partial charge < -0.3 is 9.80 Å². The number of nitrogens with zero attached hydrogens (tertiary/aromatic N) is 3. The molecule has 3 fully saturated rings. The van der Waals surface area contributed by atoms with Gasteiger partial charge in [-0.15, -0.1) is 0 Å². The molecule has 3 aliphatic heterocycles. The molecule has 2 atom stereocenters. The zero-order chi connectivity index (χ0) is 22.0. The maximum absolute atomic E-state index is 13.1. The highest BCUT2D eigenvalue weighted by molar-refractivity contribution is 7.91. The topological polar surface area (TPSA) is 78.0 Å². The van der Waals surface area contributed by atoms with Gasteiger partial charge in [-0.3, -0.25) is 14.5 Å². The Balaban J connectivity index is 1.28. The second-order valence-corrected chi connectivity index (χ2v) is 11.1. The van der Waals surface area contributed by atoms with Gasteiger partial charge in [0.2, 0.25) is 11.8 Å². The molecule has 7 nitrogen and oxygen atoms in total. The van der Waals surface area contributed by atoms with Crippen molar-refractivity contribution in [3.8, 4) is 0 Å². The van der Waals surface area contributed by atoms with E-state index in [1.807, 2.05) is 4.90 Å². The van der Waals surface area contributed by atoms with Crippen LogP contribution < -0.4 is 0 Å². The van der Waals surface area contributed by atoms with E-state index in [9.17, 15) is 22.4 Å². The average Bonchev–Trinajstić information content (AvgIpc) is 3.14. The molecule has 31 heavy (non-hydrogen) atoms. The van der Waals surface area contributed by atoms with Gasteiger partial charge in [-0.25, -0.2) is 12.8 Å². The van der Waals surface area contributed by atoms with Crippen LogP contribution in [0.5, 0.6) is 0 Å². The smallest absolute Gasteiger partial charge is 0.227 e. The van der Waals surface area contributed by atoms with Gasteiger partial charge in [0.15, 0.2) is 9.84 Å². The Morgan fingerprint density at radius 2 is 1.68 bits per heavy atom. The Hall–Kier alpha value is -2.00. The SMILES string of the molecule is O=C(Cc1ccc(F)cc1)N1CCCC(C(=O)N2CCN(C3CCS(=O)(=O)C3)CC2)C1. The molecule has 0 aromatic heterocycles. The maximum atomic E-state index is 13.1.